The predicted octanol–water partition coefficient (Wildman–Crippen LogP) is 3.97. The predicted molar refractivity (Wildman–Crippen MR) is 97.7 cm³/mol. The van der Waals surface area contributed by atoms with E-state index in [1.165, 1.54) is 12.1 Å². The number of fused-ring (bicyclic) bond motifs is 1. The fourth-order valence-electron chi connectivity index (χ4n) is 2.85. The molecule has 26 heavy (non-hydrogen) atoms. The van der Waals surface area contributed by atoms with Crippen molar-refractivity contribution in [3.05, 3.63) is 65.1 Å². The molecule has 0 aliphatic heterocycles. The summed E-state index contributed by atoms with van der Waals surface area (Å²) < 4.78 is 18.4. The lowest BCUT2D eigenvalue weighted by Gasteiger charge is -2.07. The minimum atomic E-state index is -0.401. The molecular weight excluding hydrogens is 335 g/mol. The lowest BCUT2D eigenvalue weighted by molar-refractivity contribution is -0.115. The summed E-state index contributed by atoms with van der Waals surface area (Å²) in [5, 5.41) is 3.49. The summed E-state index contributed by atoms with van der Waals surface area (Å²) in [7, 11) is 0. The number of aryl methyl sites for hydroxylation is 1. The number of hydrogen-bond donors (Lipinski definition) is 2. The van der Waals surface area contributed by atoms with Crippen LogP contribution in [-0.2, 0) is 16.0 Å². The van der Waals surface area contributed by atoms with Gasteiger partial charge < -0.3 is 15.0 Å². The van der Waals surface area contributed by atoms with E-state index in [9.17, 15) is 14.0 Å². The summed E-state index contributed by atoms with van der Waals surface area (Å²) in [5.74, 6) is -0.961. The van der Waals surface area contributed by atoms with E-state index in [1.807, 2.05) is 6.92 Å². The van der Waals surface area contributed by atoms with Gasteiger partial charge in [0.25, 0.3) is 0 Å². The Hall–Kier alpha value is -3.15. The zero-order valence-electron chi connectivity index (χ0n) is 14.6. The molecule has 0 unspecified atom stereocenters. The van der Waals surface area contributed by atoms with Crippen molar-refractivity contribution in [2.75, 3.05) is 11.9 Å². The molecule has 0 aliphatic rings. The van der Waals surface area contributed by atoms with Gasteiger partial charge in [-0.25, -0.2) is 9.18 Å². The van der Waals surface area contributed by atoms with Crippen molar-refractivity contribution in [3.8, 4) is 0 Å². The van der Waals surface area contributed by atoms with Crippen LogP contribution >= 0.6 is 0 Å². The third-order valence-electron chi connectivity index (χ3n) is 4.10. The van der Waals surface area contributed by atoms with Gasteiger partial charge in [-0.05, 0) is 61.9 Å². The highest BCUT2D eigenvalue weighted by molar-refractivity contribution is 5.97. The SMILES string of the molecule is CCOC(=O)c1ccc(NC(=O)Cc2c(C)[nH]c3ccc(F)cc23)cc1. The van der Waals surface area contributed by atoms with Gasteiger partial charge in [0.15, 0.2) is 0 Å². The number of carbonyl (C=O) groups is 2. The molecule has 0 radical (unpaired) electrons. The van der Waals surface area contributed by atoms with Crippen LogP contribution in [0.1, 0.15) is 28.5 Å². The maximum Gasteiger partial charge on any atom is 0.338 e. The van der Waals surface area contributed by atoms with Crippen LogP contribution in [0.5, 0.6) is 0 Å². The van der Waals surface area contributed by atoms with Crippen LogP contribution in [0.15, 0.2) is 42.5 Å². The van der Waals surface area contributed by atoms with E-state index >= 15 is 0 Å². The van der Waals surface area contributed by atoms with Crippen molar-refractivity contribution in [2.45, 2.75) is 20.3 Å². The molecule has 2 N–H and O–H groups in total. The topological polar surface area (TPSA) is 71.2 Å². The zero-order chi connectivity index (χ0) is 18.7. The number of aromatic amines is 1. The van der Waals surface area contributed by atoms with E-state index in [0.717, 1.165) is 16.8 Å². The Morgan fingerprint density at radius 1 is 1.15 bits per heavy atom. The number of anilines is 1. The number of ether oxygens (including phenoxy) is 1. The largest absolute Gasteiger partial charge is 0.462 e. The molecule has 0 saturated heterocycles. The minimum absolute atomic E-state index is 0.120. The van der Waals surface area contributed by atoms with Crippen molar-refractivity contribution in [2.24, 2.45) is 0 Å². The first-order valence-corrected chi connectivity index (χ1v) is 8.31. The number of amides is 1. The first-order valence-electron chi connectivity index (χ1n) is 8.31. The zero-order valence-corrected chi connectivity index (χ0v) is 14.6. The number of nitrogens with one attached hydrogen (secondary N) is 2. The molecule has 0 spiro atoms. The van der Waals surface area contributed by atoms with Gasteiger partial charge in [0.2, 0.25) is 5.91 Å². The fourth-order valence-corrected chi connectivity index (χ4v) is 2.85. The van der Waals surface area contributed by atoms with Crippen LogP contribution in [-0.4, -0.2) is 23.5 Å². The number of halogens is 1. The van der Waals surface area contributed by atoms with Crippen molar-refractivity contribution < 1.29 is 18.7 Å². The number of aromatic nitrogens is 1. The average molecular weight is 354 g/mol. The van der Waals surface area contributed by atoms with Crippen LogP contribution in [0, 0.1) is 12.7 Å². The van der Waals surface area contributed by atoms with Gasteiger partial charge in [-0.2, -0.15) is 0 Å². The number of benzene rings is 2. The second kappa shape index (κ2) is 7.39. The fraction of sp³-hybridized carbons (Fsp3) is 0.200. The van der Waals surface area contributed by atoms with Crippen molar-refractivity contribution in [1.29, 1.82) is 0 Å². The molecule has 0 aliphatic carbocycles. The van der Waals surface area contributed by atoms with Crippen LogP contribution in [0.2, 0.25) is 0 Å². The van der Waals surface area contributed by atoms with E-state index in [2.05, 4.69) is 10.3 Å². The quantitative estimate of drug-likeness (QED) is 0.681. The second-order valence-corrected chi connectivity index (χ2v) is 5.94. The first kappa shape index (κ1) is 17.7. The average Bonchev–Trinajstić information content (AvgIpc) is 2.91. The molecule has 2 aromatic carbocycles. The van der Waals surface area contributed by atoms with Gasteiger partial charge in [-0.1, -0.05) is 0 Å². The van der Waals surface area contributed by atoms with Gasteiger partial charge in [0.05, 0.1) is 18.6 Å². The maximum absolute atomic E-state index is 13.5. The van der Waals surface area contributed by atoms with Crippen molar-refractivity contribution in [1.82, 2.24) is 4.98 Å². The van der Waals surface area contributed by atoms with Gasteiger partial charge in [-0.15, -0.1) is 0 Å². The molecule has 0 fully saturated rings. The van der Waals surface area contributed by atoms with E-state index in [1.54, 1.807) is 37.3 Å². The molecule has 0 bridgehead atoms. The molecule has 6 heteroatoms. The van der Waals surface area contributed by atoms with Gasteiger partial charge in [-0.3, -0.25) is 4.79 Å². The van der Waals surface area contributed by atoms with Crippen LogP contribution in [0.25, 0.3) is 10.9 Å². The monoisotopic (exact) mass is 354 g/mol. The minimum Gasteiger partial charge on any atom is -0.462 e. The summed E-state index contributed by atoms with van der Waals surface area (Å²) in [6.07, 6.45) is 0.120. The molecule has 5 nitrogen and oxygen atoms in total. The summed E-state index contributed by atoms with van der Waals surface area (Å²) >= 11 is 0. The summed E-state index contributed by atoms with van der Waals surface area (Å²) in [5.41, 5.74) is 3.39. The lowest BCUT2D eigenvalue weighted by atomic mass is 10.1. The Morgan fingerprint density at radius 2 is 1.88 bits per heavy atom. The molecule has 1 aromatic heterocycles. The van der Waals surface area contributed by atoms with E-state index in [4.69, 9.17) is 4.74 Å². The smallest absolute Gasteiger partial charge is 0.338 e. The number of hydrogen-bond acceptors (Lipinski definition) is 3. The molecule has 134 valence electrons. The maximum atomic E-state index is 13.5. The summed E-state index contributed by atoms with van der Waals surface area (Å²) in [4.78, 5) is 27.2. The van der Waals surface area contributed by atoms with Crippen LogP contribution in [0.4, 0.5) is 10.1 Å². The molecule has 0 atom stereocenters. The third-order valence-corrected chi connectivity index (χ3v) is 4.10. The number of carbonyl (C=O) groups excluding carboxylic acids is 2. The highest BCUT2D eigenvalue weighted by atomic mass is 19.1. The van der Waals surface area contributed by atoms with E-state index < -0.39 is 5.97 Å². The van der Waals surface area contributed by atoms with E-state index in [-0.39, 0.29) is 18.1 Å². The Morgan fingerprint density at radius 3 is 2.58 bits per heavy atom. The summed E-state index contributed by atoms with van der Waals surface area (Å²) in [6, 6.07) is 11.0. The van der Waals surface area contributed by atoms with Crippen LogP contribution < -0.4 is 5.32 Å². The number of rotatable bonds is 5. The van der Waals surface area contributed by atoms with Crippen LogP contribution in [0.3, 0.4) is 0 Å². The van der Waals surface area contributed by atoms with Gasteiger partial charge in [0.1, 0.15) is 5.82 Å². The Bertz CT molecular complexity index is 961. The van der Waals surface area contributed by atoms with Crippen molar-refractivity contribution in [3.63, 3.8) is 0 Å². The lowest BCUT2D eigenvalue weighted by Crippen LogP contribution is -2.15. The Kier molecular flexibility index (Phi) is 5.02. The van der Waals surface area contributed by atoms with E-state index in [0.29, 0.717) is 23.2 Å². The highest BCUT2D eigenvalue weighted by Crippen LogP contribution is 2.24. The Labute approximate surface area is 150 Å². The molecule has 3 aromatic rings. The molecule has 1 amide bonds. The third kappa shape index (κ3) is 3.74. The highest BCUT2D eigenvalue weighted by Gasteiger charge is 2.14. The normalized spacial score (nSPS) is 10.7. The molecule has 1 heterocycles. The Balaban J connectivity index is 1.72. The molecular formula is C20H19FN2O3. The second-order valence-electron chi connectivity index (χ2n) is 5.94. The van der Waals surface area contributed by atoms with Gasteiger partial charge >= 0.3 is 5.97 Å². The van der Waals surface area contributed by atoms with Gasteiger partial charge in [0, 0.05) is 22.3 Å². The first-order chi connectivity index (χ1) is 12.5. The number of H-pyrrole nitrogens is 1. The van der Waals surface area contributed by atoms with Crippen molar-refractivity contribution >= 4 is 28.5 Å². The standard InChI is InChI=1S/C20H19FN2O3/c1-3-26-20(25)13-4-7-15(8-5-13)23-19(24)11-16-12(2)22-18-9-6-14(21)10-17(16)18/h4-10,22H,3,11H2,1-2H3,(H,23,24). The summed E-state index contributed by atoms with van der Waals surface area (Å²) in [6.45, 7) is 3.90. The molecule has 0 saturated carbocycles. The number of esters is 1. The molecule has 3 rings (SSSR count).